The minimum absolute atomic E-state index is 0.0164. The third-order valence-electron chi connectivity index (χ3n) is 1.41. The minimum atomic E-state index is -1.30. The molecule has 2 amide bonds. The Morgan fingerprint density at radius 3 is 2.29 bits per heavy atom. The van der Waals surface area contributed by atoms with Gasteiger partial charge in [-0.2, -0.15) is 0 Å². The van der Waals surface area contributed by atoms with Gasteiger partial charge in [0.25, 0.3) is 0 Å². The summed E-state index contributed by atoms with van der Waals surface area (Å²) in [5, 5.41) is 10.7. The van der Waals surface area contributed by atoms with E-state index in [-0.39, 0.29) is 13.0 Å². The summed E-state index contributed by atoms with van der Waals surface area (Å²) < 4.78 is 0. The predicted molar refractivity (Wildman–Crippen MR) is 47.0 cm³/mol. The van der Waals surface area contributed by atoms with Gasteiger partial charge in [0.2, 0.25) is 11.8 Å². The van der Waals surface area contributed by atoms with Gasteiger partial charge in [0.05, 0.1) is 6.42 Å². The number of nitrogens with one attached hydrogen (secondary N) is 1. The quantitative estimate of drug-likeness (QED) is 0.387. The van der Waals surface area contributed by atoms with Gasteiger partial charge in [-0.25, -0.2) is 4.79 Å². The van der Waals surface area contributed by atoms with Gasteiger partial charge in [-0.1, -0.05) is 0 Å². The van der Waals surface area contributed by atoms with Crippen LogP contribution in [-0.2, 0) is 14.4 Å². The lowest BCUT2D eigenvalue weighted by molar-refractivity contribution is -0.143. The average molecular weight is 203 g/mol. The van der Waals surface area contributed by atoms with Crippen molar-refractivity contribution >= 4 is 17.8 Å². The van der Waals surface area contributed by atoms with Crippen LogP contribution in [0.5, 0.6) is 0 Å². The Labute approximate surface area is 80.4 Å². The van der Waals surface area contributed by atoms with Crippen LogP contribution < -0.4 is 16.8 Å². The summed E-state index contributed by atoms with van der Waals surface area (Å²) in [7, 11) is 0. The van der Waals surface area contributed by atoms with Crippen LogP contribution >= 0.6 is 0 Å². The summed E-state index contributed by atoms with van der Waals surface area (Å²) in [5.74, 6) is -2.60. The molecular formula is C7H13N3O4. The summed E-state index contributed by atoms with van der Waals surface area (Å²) in [5.41, 5.74) is 9.89. The second-order valence-electron chi connectivity index (χ2n) is 2.67. The van der Waals surface area contributed by atoms with E-state index in [4.69, 9.17) is 16.6 Å². The molecule has 0 aliphatic rings. The smallest absolute Gasteiger partial charge is 0.326 e. The predicted octanol–water partition coefficient (Wildman–Crippen LogP) is -2.22. The zero-order valence-electron chi connectivity index (χ0n) is 7.53. The van der Waals surface area contributed by atoms with E-state index in [1.165, 1.54) is 0 Å². The first-order valence-electron chi connectivity index (χ1n) is 3.98. The fraction of sp³-hybridized carbons (Fsp3) is 0.571. The maximum absolute atomic E-state index is 10.9. The number of nitrogens with two attached hydrogens (primary N) is 2. The Balaban J connectivity index is 4.16. The van der Waals surface area contributed by atoms with Crippen LogP contribution in [0.25, 0.3) is 0 Å². The van der Waals surface area contributed by atoms with Crippen molar-refractivity contribution in [2.45, 2.75) is 18.9 Å². The molecule has 0 spiro atoms. The van der Waals surface area contributed by atoms with Crippen molar-refractivity contribution < 1.29 is 19.5 Å². The first-order valence-corrected chi connectivity index (χ1v) is 3.98. The molecule has 7 nitrogen and oxygen atoms in total. The molecule has 0 heterocycles. The number of rotatable bonds is 6. The summed E-state index contributed by atoms with van der Waals surface area (Å²) in [6, 6.07) is -1.27. The molecular weight excluding hydrogens is 190 g/mol. The lowest BCUT2D eigenvalue weighted by Crippen LogP contribution is -2.43. The monoisotopic (exact) mass is 203 g/mol. The molecule has 0 fully saturated rings. The number of carboxylic acids is 1. The number of carboxylic acid groups (broad SMARTS) is 1. The molecule has 0 bridgehead atoms. The standard InChI is InChI=1S/C7H13N3O4/c8-2-1-6(12)10-4(7(13)14)3-5(9)11/h4H,1-3,8H2,(H2,9,11)(H,10,12)(H,13,14)/t4-/m1/s1. The van der Waals surface area contributed by atoms with Gasteiger partial charge in [0.1, 0.15) is 6.04 Å². The summed E-state index contributed by atoms with van der Waals surface area (Å²) >= 11 is 0. The Hall–Kier alpha value is -1.63. The fourth-order valence-corrected chi connectivity index (χ4v) is 0.799. The molecule has 0 aromatic rings. The second-order valence-corrected chi connectivity index (χ2v) is 2.67. The zero-order chi connectivity index (χ0) is 11.1. The van der Waals surface area contributed by atoms with Crippen LogP contribution in [0, 0.1) is 0 Å². The number of carbonyl (C=O) groups excluding carboxylic acids is 2. The third-order valence-corrected chi connectivity index (χ3v) is 1.41. The van der Waals surface area contributed by atoms with E-state index in [0.717, 1.165) is 0 Å². The van der Waals surface area contributed by atoms with E-state index in [2.05, 4.69) is 5.32 Å². The Bertz CT molecular complexity index is 241. The molecule has 14 heavy (non-hydrogen) atoms. The maximum atomic E-state index is 10.9. The molecule has 80 valence electrons. The highest BCUT2D eigenvalue weighted by Crippen LogP contribution is 1.92. The number of primary amides is 1. The lowest BCUT2D eigenvalue weighted by atomic mass is 10.2. The first-order chi connectivity index (χ1) is 6.47. The summed E-state index contributed by atoms with van der Waals surface area (Å²) in [4.78, 5) is 31.9. The van der Waals surface area contributed by atoms with Crippen LogP contribution in [0.15, 0.2) is 0 Å². The minimum Gasteiger partial charge on any atom is -0.480 e. The molecule has 0 saturated heterocycles. The molecule has 0 aromatic heterocycles. The van der Waals surface area contributed by atoms with Gasteiger partial charge >= 0.3 is 5.97 Å². The molecule has 0 saturated carbocycles. The van der Waals surface area contributed by atoms with Crippen molar-refractivity contribution in [3.05, 3.63) is 0 Å². The van der Waals surface area contributed by atoms with E-state index in [1.807, 2.05) is 0 Å². The normalized spacial score (nSPS) is 11.8. The van der Waals surface area contributed by atoms with E-state index in [1.54, 1.807) is 0 Å². The molecule has 0 unspecified atom stereocenters. The van der Waals surface area contributed by atoms with Gasteiger partial charge in [0, 0.05) is 13.0 Å². The van der Waals surface area contributed by atoms with Gasteiger partial charge in [-0.15, -0.1) is 0 Å². The number of carbonyl (C=O) groups is 3. The van der Waals surface area contributed by atoms with Gasteiger partial charge in [-0.05, 0) is 0 Å². The maximum Gasteiger partial charge on any atom is 0.326 e. The van der Waals surface area contributed by atoms with Crippen LogP contribution in [0.1, 0.15) is 12.8 Å². The SMILES string of the molecule is NCCC(=O)N[C@H](CC(N)=O)C(=O)O. The first kappa shape index (κ1) is 12.4. The highest BCUT2D eigenvalue weighted by Gasteiger charge is 2.21. The Morgan fingerprint density at radius 2 is 1.93 bits per heavy atom. The highest BCUT2D eigenvalue weighted by atomic mass is 16.4. The van der Waals surface area contributed by atoms with Crippen molar-refractivity contribution in [2.24, 2.45) is 11.5 Å². The number of hydrogen-bond acceptors (Lipinski definition) is 4. The average Bonchev–Trinajstić information content (AvgIpc) is 2.02. The lowest BCUT2D eigenvalue weighted by Gasteiger charge is -2.11. The van der Waals surface area contributed by atoms with Crippen molar-refractivity contribution in [1.29, 1.82) is 0 Å². The van der Waals surface area contributed by atoms with Crippen molar-refractivity contribution in [1.82, 2.24) is 5.32 Å². The largest absolute Gasteiger partial charge is 0.480 e. The Kier molecular flexibility index (Phi) is 5.23. The number of amides is 2. The van der Waals surface area contributed by atoms with Gasteiger partial charge in [0.15, 0.2) is 0 Å². The summed E-state index contributed by atoms with van der Waals surface area (Å²) in [6.45, 7) is 0.120. The zero-order valence-corrected chi connectivity index (χ0v) is 7.53. The summed E-state index contributed by atoms with van der Waals surface area (Å²) in [6.07, 6.45) is -0.409. The van der Waals surface area contributed by atoms with Crippen molar-refractivity contribution in [3.63, 3.8) is 0 Å². The van der Waals surface area contributed by atoms with E-state index >= 15 is 0 Å². The fourth-order valence-electron chi connectivity index (χ4n) is 0.799. The molecule has 0 aliphatic carbocycles. The molecule has 6 N–H and O–H groups in total. The molecule has 0 aromatic carbocycles. The van der Waals surface area contributed by atoms with Crippen molar-refractivity contribution in [2.75, 3.05) is 6.54 Å². The highest BCUT2D eigenvalue weighted by molar-refractivity contribution is 5.88. The second kappa shape index (κ2) is 5.92. The molecule has 1 atom stereocenters. The molecule has 0 rings (SSSR count). The van der Waals surface area contributed by atoms with E-state index in [9.17, 15) is 14.4 Å². The van der Waals surface area contributed by atoms with Crippen molar-refractivity contribution in [3.8, 4) is 0 Å². The van der Waals surface area contributed by atoms with Gasteiger partial charge in [-0.3, -0.25) is 9.59 Å². The van der Waals surface area contributed by atoms with Crippen LogP contribution in [0.3, 0.4) is 0 Å². The Morgan fingerprint density at radius 1 is 1.36 bits per heavy atom. The van der Waals surface area contributed by atoms with E-state index < -0.39 is 30.2 Å². The molecule has 0 radical (unpaired) electrons. The van der Waals surface area contributed by atoms with Gasteiger partial charge < -0.3 is 21.9 Å². The van der Waals surface area contributed by atoms with Crippen LogP contribution in [0.4, 0.5) is 0 Å². The topological polar surface area (TPSA) is 136 Å². The molecule has 0 aliphatic heterocycles. The molecule has 7 heteroatoms. The number of hydrogen-bond donors (Lipinski definition) is 4. The van der Waals surface area contributed by atoms with Crippen LogP contribution in [0.2, 0.25) is 0 Å². The third kappa shape index (κ3) is 5.09. The van der Waals surface area contributed by atoms with Crippen LogP contribution in [-0.4, -0.2) is 35.5 Å². The van der Waals surface area contributed by atoms with E-state index in [0.29, 0.717) is 0 Å². The number of aliphatic carboxylic acids is 1.